The molecule has 1 N–H and O–H groups in total. The van der Waals surface area contributed by atoms with Gasteiger partial charge < -0.3 is 0 Å². The molecule has 0 aliphatic heterocycles. The minimum atomic E-state index is -0.159. The van der Waals surface area contributed by atoms with Crippen LogP contribution in [-0.2, 0) is 4.84 Å². The van der Waals surface area contributed by atoms with Gasteiger partial charge in [-0.25, -0.2) is 0 Å². The van der Waals surface area contributed by atoms with E-state index in [0.29, 0.717) is 0 Å². The molecule has 3 heteroatoms. The second-order valence-electron chi connectivity index (χ2n) is 4.83. The molecule has 0 bridgehead atoms. The Morgan fingerprint density at radius 1 is 1.19 bits per heavy atom. The van der Waals surface area contributed by atoms with Crippen molar-refractivity contribution in [3.63, 3.8) is 0 Å². The van der Waals surface area contributed by atoms with Gasteiger partial charge in [-0.3, -0.25) is 4.84 Å². The van der Waals surface area contributed by atoms with Gasteiger partial charge in [0, 0.05) is 4.90 Å². The molecule has 0 spiro atoms. The molecule has 0 saturated heterocycles. The van der Waals surface area contributed by atoms with Gasteiger partial charge in [0.1, 0.15) is 0 Å². The zero-order valence-electron chi connectivity index (χ0n) is 10.7. The summed E-state index contributed by atoms with van der Waals surface area (Å²) >= 11 is 1.76. The van der Waals surface area contributed by atoms with Crippen LogP contribution < -0.4 is 5.48 Å². The molecule has 0 saturated carbocycles. The maximum atomic E-state index is 5.55. The number of nitrogens with one attached hydrogen (secondary N) is 1. The van der Waals surface area contributed by atoms with E-state index in [4.69, 9.17) is 4.84 Å². The van der Waals surface area contributed by atoms with Crippen LogP contribution in [0.25, 0.3) is 0 Å². The number of benzene rings is 1. The van der Waals surface area contributed by atoms with Crippen molar-refractivity contribution >= 4 is 11.8 Å². The van der Waals surface area contributed by atoms with Gasteiger partial charge in [0.05, 0.1) is 11.6 Å². The Balaban J connectivity index is 2.56. The number of rotatable bonds is 4. The minimum absolute atomic E-state index is 0.159. The Morgan fingerprint density at radius 3 is 2.19 bits per heavy atom. The Bertz CT molecular complexity index is 316. The molecule has 1 aromatic rings. The highest BCUT2D eigenvalue weighted by molar-refractivity contribution is 7.98. The molecule has 0 amide bonds. The monoisotopic (exact) mass is 239 g/mol. The molecule has 0 aromatic heterocycles. The Labute approximate surface area is 103 Å². The lowest BCUT2D eigenvalue weighted by molar-refractivity contribution is -0.0866. The molecule has 16 heavy (non-hydrogen) atoms. The Morgan fingerprint density at radius 2 is 1.75 bits per heavy atom. The first-order chi connectivity index (χ1) is 7.42. The van der Waals surface area contributed by atoms with Crippen molar-refractivity contribution in [2.45, 2.75) is 44.2 Å². The number of hydrogen-bond acceptors (Lipinski definition) is 3. The third-order valence-corrected chi connectivity index (χ3v) is 2.90. The van der Waals surface area contributed by atoms with Crippen molar-refractivity contribution in [1.82, 2.24) is 5.48 Å². The quantitative estimate of drug-likeness (QED) is 0.638. The highest BCUT2D eigenvalue weighted by Gasteiger charge is 2.13. The SMILES string of the molecule is CSc1ccc(C(C)NOC(C)(C)C)cc1. The van der Waals surface area contributed by atoms with Crippen LogP contribution >= 0.6 is 11.8 Å². The molecule has 0 aliphatic rings. The second-order valence-corrected chi connectivity index (χ2v) is 5.71. The van der Waals surface area contributed by atoms with Gasteiger partial charge in [-0.1, -0.05) is 12.1 Å². The molecule has 0 fully saturated rings. The second kappa shape index (κ2) is 5.71. The Kier molecular flexibility index (Phi) is 4.84. The smallest absolute Gasteiger partial charge is 0.0813 e. The van der Waals surface area contributed by atoms with E-state index < -0.39 is 0 Å². The van der Waals surface area contributed by atoms with E-state index in [2.05, 4.69) is 42.9 Å². The zero-order valence-corrected chi connectivity index (χ0v) is 11.5. The average Bonchev–Trinajstić information content (AvgIpc) is 2.25. The third kappa shape index (κ3) is 4.56. The molecule has 1 atom stereocenters. The number of hydrogen-bond donors (Lipinski definition) is 1. The Hall–Kier alpha value is -0.510. The van der Waals surface area contributed by atoms with Crippen molar-refractivity contribution < 1.29 is 4.84 Å². The van der Waals surface area contributed by atoms with Crippen molar-refractivity contribution in [2.75, 3.05) is 6.26 Å². The van der Waals surface area contributed by atoms with Crippen molar-refractivity contribution in [2.24, 2.45) is 0 Å². The molecule has 1 unspecified atom stereocenters. The molecule has 2 nitrogen and oxygen atoms in total. The average molecular weight is 239 g/mol. The fourth-order valence-corrected chi connectivity index (χ4v) is 1.63. The fourth-order valence-electron chi connectivity index (χ4n) is 1.23. The summed E-state index contributed by atoms with van der Waals surface area (Å²) in [6.07, 6.45) is 2.08. The van der Waals surface area contributed by atoms with Gasteiger partial charge in [0.15, 0.2) is 0 Å². The third-order valence-electron chi connectivity index (χ3n) is 2.16. The van der Waals surface area contributed by atoms with Gasteiger partial charge in [0.2, 0.25) is 0 Å². The highest BCUT2D eigenvalue weighted by atomic mass is 32.2. The van der Waals surface area contributed by atoms with E-state index in [1.807, 2.05) is 20.8 Å². The summed E-state index contributed by atoms with van der Waals surface area (Å²) in [7, 11) is 0. The van der Waals surface area contributed by atoms with Crippen LogP contribution in [-0.4, -0.2) is 11.9 Å². The standard InChI is InChI=1S/C13H21NOS/c1-10(14-15-13(2,3)4)11-6-8-12(16-5)9-7-11/h6-10,14H,1-5H3. The first-order valence-electron chi connectivity index (χ1n) is 5.50. The maximum Gasteiger partial charge on any atom is 0.0813 e. The van der Waals surface area contributed by atoms with E-state index in [0.717, 1.165) is 0 Å². The highest BCUT2D eigenvalue weighted by Crippen LogP contribution is 2.19. The topological polar surface area (TPSA) is 21.3 Å². The van der Waals surface area contributed by atoms with Crippen LogP contribution in [0, 0.1) is 0 Å². The first kappa shape index (κ1) is 13.6. The lowest BCUT2D eigenvalue weighted by atomic mass is 10.1. The van der Waals surface area contributed by atoms with Gasteiger partial charge in [-0.15, -0.1) is 11.8 Å². The minimum Gasteiger partial charge on any atom is -0.296 e. The van der Waals surface area contributed by atoms with Crippen LogP contribution in [0.3, 0.4) is 0 Å². The van der Waals surface area contributed by atoms with Gasteiger partial charge in [0.25, 0.3) is 0 Å². The molecule has 90 valence electrons. The summed E-state index contributed by atoms with van der Waals surface area (Å²) in [4.78, 5) is 6.83. The first-order valence-corrected chi connectivity index (χ1v) is 6.72. The molecule has 1 rings (SSSR count). The van der Waals surface area contributed by atoms with Gasteiger partial charge in [-0.05, 0) is 51.6 Å². The maximum absolute atomic E-state index is 5.55. The predicted molar refractivity (Wildman–Crippen MR) is 70.6 cm³/mol. The number of thioether (sulfide) groups is 1. The molecule has 0 aliphatic carbocycles. The summed E-state index contributed by atoms with van der Waals surface area (Å²) in [6.45, 7) is 8.19. The van der Waals surface area contributed by atoms with Crippen LogP contribution in [0.15, 0.2) is 29.2 Å². The van der Waals surface area contributed by atoms with Gasteiger partial charge in [-0.2, -0.15) is 5.48 Å². The predicted octanol–water partition coefficient (Wildman–Crippen LogP) is 3.79. The van der Waals surface area contributed by atoms with Crippen LogP contribution in [0.4, 0.5) is 0 Å². The van der Waals surface area contributed by atoms with E-state index in [1.54, 1.807) is 11.8 Å². The molecule has 0 radical (unpaired) electrons. The summed E-state index contributed by atoms with van der Waals surface area (Å²) in [6, 6.07) is 8.74. The van der Waals surface area contributed by atoms with Crippen molar-refractivity contribution in [3.05, 3.63) is 29.8 Å². The van der Waals surface area contributed by atoms with Crippen molar-refractivity contribution in [1.29, 1.82) is 0 Å². The normalized spacial score (nSPS) is 13.8. The largest absolute Gasteiger partial charge is 0.296 e. The summed E-state index contributed by atoms with van der Waals surface area (Å²) < 4.78 is 0. The van der Waals surface area contributed by atoms with E-state index in [-0.39, 0.29) is 11.6 Å². The van der Waals surface area contributed by atoms with Crippen LogP contribution in [0.1, 0.15) is 39.3 Å². The summed E-state index contributed by atoms with van der Waals surface area (Å²) in [5.74, 6) is 0. The van der Waals surface area contributed by atoms with Crippen LogP contribution in [0.5, 0.6) is 0 Å². The zero-order chi connectivity index (χ0) is 12.2. The van der Waals surface area contributed by atoms with E-state index in [9.17, 15) is 0 Å². The molecular formula is C13H21NOS. The lowest BCUT2D eigenvalue weighted by Crippen LogP contribution is -2.30. The summed E-state index contributed by atoms with van der Waals surface area (Å²) in [5, 5.41) is 0. The fraction of sp³-hybridized carbons (Fsp3) is 0.538. The number of hydroxylamine groups is 1. The van der Waals surface area contributed by atoms with E-state index >= 15 is 0 Å². The van der Waals surface area contributed by atoms with Crippen LogP contribution in [0.2, 0.25) is 0 Å². The molecule has 1 aromatic carbocycles. The van der Waals surface area contributed by atoms with E-state index in [1.165, 1.54) is 10.5 Å². The van der Waals surface area contributed by atoms with Gasteiger partial charge >= 0.3 is 0 Å². The lowest BCUT2D eigenvalue weighted by Gasteiger charge is -2.23. The summed E-state index contributed by atoms with van der Waals surface area (Å²) in [5.41, 5.74) is 4.15. The molecular weight excluding hydrogens is 218 g/mol. The molecule has 0 heterocycles. The van der Waals surface area contributed by atoms with Crippen molar-refractivity contribution in [3.8, 4) is 0 Å².